The first-order chi connectivity index (χ1) is 10.7. The predicted molar refractivity (Wildman–Crippen MR) is 82.1 cm³/mol. The zero-order chi connectivity index (χ0) is 15.4. The fraction of sp³-hybridized carbons (Fsp3) is 0.688. The van der Waals surface area contributed by atoms with Crippen LogP contribution >= 0.6 is 0 Å². The van der Waals surface area contributed by atoms with Crippen LogP contribution in [0.1, 0.15) is 56.0 Å². The van der Waals surface area contributed by atoms with Gasteiger partial charge in [0, 0.05) is 18.7 Å². The molecular formula is C16H24N4O2. The van der Waals surface area contributed by atoms with Crippen LogP contribution in [-0.2, 0) is 16.1 Å². The summed E-state index contributed by atoms with van der Waals surface area (Å²) in [5.74, 6) is 1.01. The van der Waals surface area contributed by atoms with E-state index in [0.717, 1.165) is 56.7 Å². The second-order valence-corrected chi connectivity index (χ2v) is 6.37. The van der Waals surface area contributed by atoms with Crippen molar-refractivity contribution in [3.05, 3.63) is 23.8 Å². The van der Waals surface area contributed by atoms with Gasteiger partial charge in [0.05, 0.1) is 24.4 Å². The summed E-state index contributed by atoms with van der Waals surface area (Å²) in [6.07, 6.45) is 7.46. The van der Waals surface area contributed by atoms with E-state index in [0.29, 0.717) is 13.2 Å². The van der Waals surface area contributed by atoms with Gasteiger partial charge in [-0.3, -0.25) is 4.79 Å². The highest BCUT2D eigenvalue weighted by Crippen LogP contribution is 2.27. The lowest BCUT2D eigenvalue weighted by Gasteiger charge is -2.23. The second kappa shape index (κ2) is 6.71. The number of hydrogen-bond donors (Lipinski definition) is 2. The van der Waals surface area contributed by atoms with Gasteiger partial charge in [0.15, 0.2) is 0 Å². The summed E-state index contributed by atoms with van der Waals surface area (Å²) in [7, 11) is 0. The van der Waals surface area contributed by atoms with Crippen LogP contribution in [0.4, 0.5) is 0 Å². The van der Waals surface area contributed by atoms with Crippen molar-refractivity contribution in [2.45, 2.75) is 56.5 Å². The third-order valence-corrected chi connectivity index (χ3v) is 4.64. The van der Waals surface area contributed by atoms with E-state index in [1.807, 2.05) is 6.07 Å². The zero-order valence-corrected chi connectivity index (χ0v) is 12.9. The van der Waals surface area contributed by atoms with E-state index >= 15 is 0 Å². The fourth-order valence-corrected chi connectivity index (χ4v) is 3.23. The number of ether oxygens (including phenoxy) is 1. The molecule has 0 aromatic carbocycles. The summed E-state index contributed by atoms with van der Waals surface area (Å²) in [6, 6.07) is 1.84. The van der Waals surface area contributed by atoms with Crippen LogP contribution in [0.2, 0.25) is 0 Å². The average Bonchev–Trinajstić information content (AvgIpc) is 3.02. The third-order valence-electron chi connectivity index (χ3n) is 4.64. The van der Waals surface area contributed by atoms with Crippen LogP contribution in [0.5, 0.6) is 0 Å². The van der Waals surface area contributed by atoms with Crippen molar-refractivity contribution in [3.8, 4) is 0 Å². The Morgan fingerprint density at radius 1 is 1.41 bits per heavy atom. The van der Waals surface area contributed by atoms with Gasteiger partial charge >= 0.3 is 0 Å². The SMILES string of the molecule is NC1(C(=O)NCc2ccnc([C@H]3CCCOC3)n2)CCCC1. The van der Waals surface area contributed by atoms with E-state index in [2.05, 4.69) is 15.3 Å². The number of carbonyl (C=O) groups excluding carboxylic acids is 1. The molecule has 1 aromatic rings. The first-order valence-corrected chi connectivity index (χ1v) is 8.14. The smallest absolute Gasteiger partial charge is 0.240 e. The predicted octanol–water partition coefficient (Wildman–Crippen LogP) is 1.26. The van der Waals surface area contributed by atoms with E-state index in [1.54, 1.807) is 6.20 Å². The van der Waals surface area contributed by atoms with Crippen LogP contribution < -0.4 is 11.1 Å². The summed E-state index contributed by atoms with van der Waals surface area (Å²) < 4.78 is 5.49. The molecule has 2 aliphatic rings. The Bertz CT molecular complexity index is 523. The molecule has 22 heavy (non-hydrogen) atoms. The first-order valence-electron chi connectivity index (χ1n) is 8.14. The molecule has 1 aromatic heterocycles. The monoisotopic (exact) mass is 304 g/mol. The van der Waals surface area contributed by atoms with E-state index < -0.39 is 5.54 Å². The van der Waals surface area contributed by atoms with Crippen molar-refractivity contribution in [2.75, 3.05) is 13.2 Å². The van der Waals surface area contributed by atoms with Crippen molar-refractivity contribution in [1.29, 1.82) is 0 Å². The van der Waals surface area contributed by atoms with Crippen molar-refractivity contribution < 1.29 is 9.53 Å². The normalized spacial score (nSPS) is 24.1. The van der Waals surface area contributed by atoms with Gasteiger partial charge in [-0.15, -0.1) is 0 Å². The first kappa shape index (κ1) is 15.4. The summed E-state index contributed by atoms with van der Waals surface area (Å²) in [4.78, 5) is 21.2. The molecule has 0 bridgehead atoms. The van der Waals surface area contributed by atoms with Crippen molar-refractivity contribution >= 4 is 5.91 Å². The highest BCUT2D eigenvalue weighted by atomic mass is 16.5. The maximum Gasteiger partial charge on any atom is 0.240 e. The highest BCUT2D eigenvalue weighted by molar-refractivity contribution is 5.86. The topological polar surface area (TPSA) is 90.1 Å². The largest absolute Gasteiger partial charge is 0.381 e. The molecule has 2 heterocycles. The minimum atomic E-state index is -0.687. The summed E-state index contributed by atoms with van der Waals surface area (Å²) in [6.45, 7) is 1.91. The molecule has 1 saturated heterocycles. The fourth-order valence-electron chi connectivity index (χ4n) is 3.23. The van der Waals surface area contributed by atoms with Crippen molar-refractivity contribution in [1.82, 2.24) is 15.3 Å². The number of hydrogen-bond acceptors (Lipinski definition) is 5. The lowest BCUT2D eigenvalue weighted by molar-refractivity contribution is -0.126. The van der Waals surface area contributed by atoms with Crippen LogP contribution in [0.3, 0.4) is 0 Å². The number of aromatic nitrogens is 2. The lowest BCUT2D eigenvalue weighted by Crippen LogP contribution is -2.51. The summed E-state index contributed by atoms with van der Waals surface area (Å²) >= 11 is 0. The Kier molecular flexibility index (Phi) is 4.69. The molecule has 2 fully saturated rings. The molecule has 6 heteroatoms. The molecule has 120 valence electrons. The van der Waals surface area contributed by atoms with Crippen LogP contribution in [0, 0.1) is 0 Å². The minimum Gasteiger partial charge on any atom is -0.381 e. The zero-order valence-electron chi connectivity index (χ0n) is 12.9. The van der Waals surface area contributed by atoms with E-state index in [4.69, 9.17) is 10.5 Å². The van der Waals surface area contributed by atoms with E-state index in [9.17, 15) is 4.79 Å². The second-order valence-electron chi connectivity index (χ2n) is 6.37. The Hall–Kier alpha value is -1.53. The summed E-state index contributed by atoms with van der Waals surface area (Å²) in [5.41, 5.74) is 6.29. The molecular weight excluding hydrogens is 280 g/mol. The highest BCUT2D eigenvalue weighted by Gasteiger charge is 2.36. The van der Waals surface area contributed by atoms with Gasteiger partial charge in [-0.25, -0.2) is 9.97 Å². The van der Waals surface area contributed by atoms with Crippen molar-refractivity contribution in [3.63, 3.8) is 0 Å². The minimum absolute atomic E-state index is 0.0637. The molecule has 3 rings (SSSR count). The molecule has 1 atom stereocenters. The van der Waals surface area contributed by atoms with Gasteiger partial charge in [-0.05, 0) is 31.7 Å². The summed E-state index contributed by atoms with van der Waals surface area (Å²) in [5, 5.41) is 2.93. The maximum atomic E-state index is 12.2. The van der Waals surface area contributed by atoms with E-state index in [-0.39, 0.29) is 11.8 Å². The number of amides is 1. The Morgan fingerprint density at radius 3 is 2.95 bits per heavy atom. The van der Waals surface area contributed by atoms with Gasteiger partial charge in [0.2, 0.25) is 5.91 Å². The molecule has 0 unspecified atom stereocenters. The lowest BCUT2D eigenvalue weighted by atomic mass is 9.98. The molecule has 6 nitrogen and oxygen atoms in total. The number of carbonyl (C=O) groups is 1. The maximum absolute atomic E-state index is 12.2. The average molecular weight is 304 g/mol. The van der Waals surface area contributed by atoms with Crippen molar-refractivity contribution in [2.24, 2.45) is 5.73 Å². The number of nitrogens with zero attached hydrogens (tertiary/aromatic N) is 2. The Morgan fingerprint density at radius 2 is 2.23 bits per heavy atom. The van der Waals surface area contributed by atoms with Crippen LogP contribution in [-0.4, -0.2) is 34.6 Å². The molecule has 1 aliphatic heterocycles. The van der Waals surface area contributed by atoms with Crippen LogP contribution in [0.25, 0.3) is 0 Å². The molecule has 0 spiro atoms. The van der Waals surface area contributed by atoms with Crippen LogP contribution in [0.15, 0.2) is 12.3 Å². The van der Waals surface area contributed by atoms with Gasteiger partial charge in [0.1, 0.15) is 5.82 Å². The third kappa shape index (κ3) is 3.44. The molecule has 0 radical (unpaired) electrons. The number of nitrogens with two attached hydrogens (primary N) is 1. The number of rotatable bonds is 4. The van der Waals surface area contributed by atoms with Gasteiger partial charge < -0.3 is 15.8 Å². The van der Waals surface area contributed by atoms with Gasteiger partial charge in [0.25, 0.3) is 0 Å². The number of nitrogens with one attached hydrogen (secondary N) is 1. The standard InChI is InChI=1S/C16H24N4O2/c17-16(6-1-2-7-16)15(21)19-10-13-5-8-18-14(20-13)12-4-3-9-22-11-12/h5,8,12H,1-4,6-7,9-11,17H2,(H,19,21)/t12-/m0/s1. The quantitative estimate of drug-likeness (QED) is 0.874. The molecule has 1 saturated carbocycles. The molecule has 3 N–H and O–H groups in total. The Labute approximate surface area is 130 Å². The van der Waals surface area contributed by atoms with Gasteiger partial charge in [-0.2, -0.15) is 0 Å². The molecule has 1 amide bonds. The molecule has 1 aliphatic carbocycles. The Balaban J connectivity index is 1.59. The van der Waals surface area contributed by atoms with E-state index in [1.165, 1.54) is 0 Å². The van der Waals surface area contributed by atoms with Gasteiger partial charge in [-0.1, -0.05) is 12.8 Å².